The van der Waals surface area contributed by atoms with E-state index in [1.54, 1.807) is 11.3 Å². The summed E-state index contributed by atoms with van der Waals surface area (Å²) < 4.78 is 0. The molecule has 0 unspecified atom stereocenters. The molecular formula is C22H25N3OS2. The molecule has 1 aliphatic heterocycles. The summed E-state index contributed by atoms with van der Waals surface area (Å²) in [4.78, 5) is 21.7. The molecule has 4 nitrogen and oxygen atoms in total. The van der Waals surface area contributed by atoms with Crippen molar-refractivity contribution < 1.29 is 4.79 Å². The van der Waals surface area contributed by atoms with Gasteiger partial charge in [-0.05, 0) is 68.4 Å². The predicted octanol–water partition coefficient (Wildman–Crippen LogP) is 5.65. The first-order chi connectivity index (χ1) is 13.6. The van der Waals surface area contributed by atoms with Crippen molar-refractivity contribution in [1.29, 1.82) is 0 Å². The lowest BCUT2D eigenvalue weighted by atomic mass is 9.94. The number of aryl methyl sites for hydroxylation is 1. The third-order valence-electron chi connectivity index (χ3n) is 5.43. The highest BCUT2D eigenvalue weighted by Crippen LogP contribution is 2.43. The Bertz CT molecular complexity index is 928. The maximum absolute atomic E-state index is 12.8. The summed E-state index contributed by atoms with van der Waals surface area (Å²) in [7, 11) is 0. The molecule has 3 aromatic rings. The molecule has 28 heavy (non-hydrogen) atoms. The average Bonchev–Trinajstić information content (AvgIpc) is 3.35. The molecule has 3 aromatic heterocycles. The number of piperidine rings is 1. The Morgan fingerprint density at radius 3 is 2.68 bits per heavy atom. The van der Waals surface area contributed by atoms with Crippen molar-refractivity contribution in [1.82, 2.24) is 9.88 Å². The van der Waals surface area contributed by atoms with Crippen LogP contribution < -0.4 is 5.32 Å². The first kappa shape index (κ1) is 19.3. The van der Waals surface area contributed by atoms with E-state index >= 15 is 0 Å². The van der Waals surface area contributed by atoms with Gasteiger partial charge in [-0.1, -0.05) is 18.6 Å². The summed E-state index contributed by atoms with van der Waals surface area (Å²) in [5, 5.41) is 6.11. The van der Waals surface area contributed by atoms with Gasteiger partial charge in [0.15, 0.2) is 0 Å². The smallest absolute Gasteiger partial charge is 0.266 e. The van der Waals surface area contributed by atoms with Crippen molar-refractivity contribution in [3.05, 3.63) is 68.5 Å². The zero-order valence-corrected chi connectivity index (χ0v) is 17.9. The fourth-order valence-electron chi connectivity index (χ4n) is 3.91. The Balaban J connectivity index is 1.76. The van der Waals surface area contributed by atoms with Gasteiger partial charge in [-0.3, -0.25) is 14.7 Å². The second-order valence-corrected chi connectivity index (χ2v) is 9.42. The Hall–Kier alpha value is -2.02. The minimum Gasteiger partial charge on any atom is -0.313 e. The van der Waals surface area contributed by atoms with Gasteiger partial charge in [0.25, 0.3) is 5.91 Å². The van der Waals surface area contributed by atoms with Gasteiger partial charge in [0.05, 0.1) is 10.9 Å². The summed E-state index contributed by atoms with van der Waals surface area (Å²) in [6.45, 7) is 6.47. The fourth-order valence-corrected chi connectivity index (χ4v) is 5.62. The van der Waals surface area contributed by atoms with Crippen LogP contribution in [0.4, 0.5) is 5.00 Å². The molecule has 0 saturated carbocycles. The molecule has 1 saturated heterocycles. The molecule has 0 spiro atoms. The summed E-state index contributed by atoms with van der Waals surface area (Å²) in [6, 6.07) is 8.07. The van der Waals surface area contributed by atoms with Crippen molar-refractivity contribution in [3.8, 4) is 0 Å². The van der Waals surface area contributed by atoms with Crippen LogP contribution in [0.5, 0.6) is 0 Å². The van der Waals surface area contributed by atoms with Crippen LogP contribution in [-0.4, -0.2) is 28.9 Å². The lowest BCUT2D eigenvalue weighted by Crippen LogP contribution is -2.35. The maximum Gasteiger partial charge on any atom is 0.266 e. The second kappa shape index (κ2) is 8.55. The van der Waals surface area contributed by atoms with Crippen LogP contribution in [0.1, 0.15) is 56.5 Å². The van der Waals surface area contributed by atoms with Gasteiger partial charge in [0.1, 0.15) is 5.00 Å². The third kappa shape index (κ3) is 3.90. The molecule has 1 N–H and O–H groups in total. The van der Waals surface area contributed by atoms with Crippen molar-refractivity contribution in [3.63, 3.8) is 0 Å². The number of hydrogen-bond donors (Lipinski definition) is 1. The number of carbonyl (C=O) groups is 1. The molecule has 1 fully saturated rings. The first-order valence-electron chi connectivity index (χ1n) is 9.74. The zero-order valence-electron chi connectivity index (χ0n) is 16.3. The van der Waals surface area contributed by atoms with Crippen LogP contribution in [0.3, 0.4) is 0 Å². The van der Waals surface area contributed by atoms with Crippen LogP contribution in [0, 0.1) is 13.8 Å². The van der Waals surface area contributed by atoms with Crippen LogP contribution in [0.15, 0.2) is 42.0 Å². The molecule has 1 amide bonds. The van der Waals surface area contributed by atoms with E-state index in [9.17, 15) is 4.79 Å². The Morgan fingerprint density at radius 2 is 2.00 bits per heavy atom. The summed E-state index contributed by atoms with van der Waals surface area (Å²) in [5.74, 6) is -0.0268. The largest absolute Gasteiger partial charge is 0.313 e. The number of rotatable bonds is 5. The van der Waals surface area contributed by atoms with Crippen LogP contribution in [-0.2, 0) is 0 Å². The van der Waals surface area contributed by atoms with Crippen molar-refractivity contribution in [2.45, 2.75) is 39.2 Å². The minimum atomic E-state index is -0.0268. The van der Waals surface area contributed by atoms with Gasteiger partial charge < -0.3 is 5.32 Å². The number of hydrogen-bond acceptors (Lipinski definition) is 5. The molecule has 146 valence electrons. The van der Waals surface area contributed by atoms with E-state index in [0.29, 0.717) is 0 Å². The molecule has 4 rings (SSSR count). The number of nitrogens with zero attached hydrogens (tertiary/aromatic N) is 2. The predicted molar refractivity (Wildman–Crippen MR) is 118 cm³/mol. The topological polar surface area (TPSA) is 45.2 Å². The lowest BCUT2D eigenvalue weighted by Gasteiger charge is -2.35. The van der Waals surface area contributed by atoms with Gasteiger partial charge in [-0.15, -0.1) is 22.7 Å². The average molecular weight is 412 g/mol. The van der Waals surface area contributed by atoms with Gasteiger partial charge >= 0.3 is 0 Å². The number of aromatic nitrogens is 1. The number of anilines is 1. The Labute approximate surface area is 174 Å². The highest BCUT2D eigenvalue weighted by Gasteiger charge is 2.30. The van der Waals surface area contributed by atoms with E-state index in [1.165, 1.54) is 52.2 Å². The quantitative estimate of drug-likeness (QED) is 0.590. The van der Waals surface area contributed by atoms with E-state index in [-0.39, 0.29) is 11.9 Å². The van der Waals surface area contributed by atoms with Crippen LogP contribution in [0.25, 0.3) is 0 Å². The molecule has 6 heteroatoms. The van der Waals surface area contributed by atoms with Crippen LogP contribution >= 0.6 is 22.7 Å². The second-order valence-electron chi connectivity index (χ2n) is 7.24. The number of likely N-dealkylation sites (tertiary alicyclic amines) is 1. The third-order valence-corrected chi connectivity index (χ3v) is 7.44. The number of carbonyl (C=O) groups excluding carboxylic acids is 1. The van der Waals surface area contributed by atoms with Gasteiger partial charge in [-0.25, -0.2) is 0 Å². The lowest BCUT2D eigenvalue weighted by molar-refractivity contribution is 0.103. The summed E-state index contributed by atoms with van der Waals surface area (Å²) >= 11 is 3.15. The molecule has 0 radical (unpaired) electrons. The molecule has 1 atom stereocenters. The van der Waals surface area contributed by atoms with E-state index in [0.717, 1.165) is 23.0 Å². The Morgan fingerprint density at radius 1 is 1.18 bits per heavy atom. The number of pyridine rings is 1. The molecule has 0 aromatic carbocycles. The monoisotopic (exact) mass is 411 g/mol. The summed E-state index contributed by atoms with van der Waals surface area (Å²) in [5.41, 5.74) is 3.69. The molecule has 0 bridgehead atoms. The number of thiophene rings is 2. The highest BCUT2D eigenvalue weighted by molar-refractivity contribution is 7.17. The Kier molecular flexibility index (Phi) is 5.90. The van der Waals surface area contributed by atoms with Crippen molar-refractivity contribution in [2.75, 3.05) is 18.4 Å². The standard InChI is InChI=1S/C22H25N3OS2/c1-15-16(2)28-22(24-21(26)18-9-7-13-27-18)19(15)20(17-8-6-10-23-14-17)25-11-4-3-5-12-25/h6-10,13-14,20H,3-5,11-12H2,1-2H3,(H,24,26)/t20-/m0/s1. The van der Waals surface area contributed by atoms with Crippen molar-refractivity contribution >= 4 is 33.6 Å². The highest BCUT2D eigenvalue weighted by atomic mass is 32.1. The van der Waals surface area contributed by atoms with E-state index < -0.39 is 0 Å². The molecule has 0 aliphatic carbocycles. The normalized spacial score (nSPS) is 16.1. The van der Waals surface area contributed by atoms with Crippen LogP contribution in [0.2, 0.25) is 0 Å². The number of nitrogens with one attached hydrogen (secondary N) is 1. The first-order valence-corrected chi connectivity index (χ1v) is 11.4. The van der Waals surface area contributed by atoms with Crippen molar-refractivity contribution in [2.24, 2.45) is 0 Å². The maximum atomic E-state index is 12.8. The van der Waals surface area contributed by atoms with E-state index in [4.69, 9.17) is 0 Å². The minimum absolute atomic E-state index is 0.0268. The molecule has 1 aliphatic rings. The summed E-state index contributed by atoms with van der Waals surface area (Å²) in [6.07, 6.45) is 7.52. The fraction of sp³-hybridized carbons (Fsp3) is 0.364. The zero-order chi connectivity index (χ0) is 19.5. The molecule has 4 heterocycles. The van der Waals surface area contributed by atoms with E-state index in [1.807, 2.05) is 36.0 Å². The number of amides is 1. The van der Waals surface area contributed by atoms with Gasteiger partial charge in [-0.2, -0.15) is 0 Å². The van der Waals surface area contributed by atoms with E-state index in [2.05, 4.69) is 35.1 Å². The van der Waals surface area contributed by atoms with Gasteiger partial charge in [0, 0.05) is 22.8 Å². The SMILES string of the molecule is Cc1sc(NC(=O)c2cccs2)c([C@H](c2cccnc2)N2CCCCC2)c1C. The van der Waals surface area contributed by atoms with Gasteiger partial charge in [0.2, 0.25) is 0 Å². The molecular weight excluding hydrogens is 386 g/mol.